The van der Waals surface area contributed by atoms with Gasteiger partial charge in [-0.2, -0.15) is 0 Å². The van der Waals surface area contributed by atoms with Crippen LogP contribution in [0.1, 0.15) is 31.2 Å². The van der Waals surface area contributed by atoms with Gasteiger partial charge in [-0.05, 0) is 72.9 Å². The maximum Gasteiger partial charge on any atom is 0.0541 e. The number of halogens is 1. The molecule has 0 bridgehead atoms. The van der Waals surface area contributed by atoms with E-state index in [4.69, 9.17) is 0 Å². The molecule has 2 rings (SSSR count). The first-order valence-corrected chi connectivity index (χ1v) is 6.94. The van der Waals surface area contributed by atoms with Gasteiger partial charge in [0.25, 0.3) is 0 Å². The van der Waals surface area contributed by atoms with E-state index < -0.39 is 0 Å². The number of rotatable bonds is 2. The molecule has 1 aromatic rings. The lowest BCUT2D eigenvalue weighted by Gasteiger charge is -2.27. The predicted octanol–water partition coefficient (Wildman–Crippen LogP) is 3.32. The first-order chi connectivity index (χ1) is 7.65. The van der Waals surface area contributed by atoms with Crippen molar-refractivity contribution in [2.24, 2.45) is 0 Å². The average Bonchev–Trinajstić information content (AvgIpc) is 2.27. The smallest absolute Gasteiger partial charge is 0.0541 e. The fourth-order valence-corrected chi connectivity index (χ4v) is 2.65. The van der Waals surface area contributed by atoms with E-state index in [2.05, 4.69) is 53.0 Å². The van der Waals surface area contributed by atoms with E-state index in [0.29, 0.717) is 6.04 Å². The third-order valence-electron chi connectivity index (χ3n) is 3.24. The Labute approximate surface area is 111 Å². The van der Waals surface area contributed by atoms with E-state index >= 15 is 0 Å². The van der Waals surface area contributed by atoms with Crippen molar-refractivity contribution in [3.8, 4) is 0 Å². The summed E-state index contributed by atoms with van der Waals surface area (Å²) in [5.74, 6) is 0. The van der Waals surface area contributed by atoms with E-state index in [9.17, 15) is 5.11 Å². The van der Waals surface area contributed by atoms with Gasteiger partial charge in [0, 0.05) is 15.3 Å². The van der Waals surface area contributed by atoms with Gasteiger partial charge in [0.15, 0.2) is 0 Å². The first kappa shape index (κ1) is 12.2. The van der Waals surface area contributed by atoms with E-state index in [1.54, 1.807) is 0 Å². The molecule has 1 aliphatic carbocycles. The summed E-state index contributed by atoms with van der Waals surface area (Å²) >= 11 is 2.37. The molecule has 0 radical (unpaired) electrons. The fourth-order valence-electron chi connectivity index (χ4n) is 2.14. The highest BCUT2D eigenvalue weighted by molar-refractivity contribution is 14.1. The Kier molecular flexibility index (Phi) is 4.08. The SMILES string of the molecule is Cc1ccc(NC2CCC(O)CC2)cc1I. The van der Waals surface area contributed by atoms with Crippen molar-refractivity contribution in [2.45, 2.75) is 44.8 Å². The van der Waals surface area contributed by atoms with Crippen LogP contribution in [0, 0.1) is 10.5 Å². The van der Waals surface area contributed by atoms with Gasteiger partial charge in [0.1, 0.15) is 0 Å². The van der Waals surface area contributed by atoms with Gasteiger partial charge in [-0.1, -0.05) is 6.07 Å². The van der Waals surface area contributed by atoms with Gasteiger partial charge in [-0.15, -0.1) is 0 Å². The summed E-state index contributed by atoms with van der Waals surface area (Å²) in [7, 11) is 0. The maximum atomic E-state index is 9.44. The summed E-state index contributed by atoms with van der Waals surface area (Å²) in [5.41, 5.74) is 2.53. The standard InChI is InChI=1S/C13H18INO/c1-9-2-3-11(8-13(9)14)15-10-4-6-12(16)7-5-10/h2-3,8,10,12,15-16H,4-7H2,1H3. The number of aryl methyl sites for hydroxylation is 1. The zero-order valence-electron chi connectivity index (χ0n) is 9.54. The van der Waals surface area contributed by atoms with Crippen LogP contribution in [0.3, 0.4) is 0 Å². The second-order valence-electron chi connectivity index (χ2n) is 4.61. The summed E-state index contributed by atoms with van der Waals surface area (Å²) in [6.07, 6.45) is 3.94. The maximum absolute atomic E-state index is 9.44. The van der Waals surface area contributed by atoms with Crippen molar-refractivity contribution >= 4 is 28.3 Å². The van der Waals surface area contributed by atoms with Crippen molar-refractivity contribution in [2.75, 3.05) is 5.32 Å². The normalized spacial score (nSPS) is 25.4. The lowest BCUT2D eigenvalue weighted by atomic mass is 9.93. The van der Waals surface area contributed by atoms with Crippen LogP contribution in [0.4, 0.5) is 5.69 Å². The van der Waals surface area contributed by atoms with Gasteiger partial charge in [-0.25, -0.2) is 0 Å². The molecule has 1 aromatic carbocycles. The zero-order valence-corrected chi connectivity index (χ0v) is 11.7. The van der Waals surface area contributed by atoms with Crippen LogP contribution in [-0.2, 0) is 0 Å². The molecule has 0 amide bonds. The molecule has 3 heteroatoms. The highest BCUT2D eigenvalue weighted by Crippen LogP contribution is 2.23. The Morgan fingerprint density at radius 3 is 2.56 bits per heavy atom. The summed E-state index contributed by atoms with van der Waals surface area (Å²) in [6.45, 7) is 2.13. The van der Waals surface area contributed by atoms with Crippen molar-refractivity contribution in [1.82, 2.24) is 0 Å². The van der Waals surface area contributed by atoms with E-state index in [-0.39, 0.29) is 6.10 Å². The van der Waals surface area contributed by atoms with Gasteiger partial charge in [0.2, 0.25) is 0 Å². The fraction of sp³-hybridized carbons (Fsp3) is 0.538. The second-order valence-corrected chi connectivity index (χ2v) is 5.78. The van der Waals surface area contributed by atoms with Crippen molar-refractivity contribution in [3.05, 3.63) is 27.3 Å². The van der Waals surface area contributed by atoms with Crippen LogP contribution < -0.4 is 5.32 Å². The molecule has 0 saturated heterocycles. The minimum atomic E-state index is -0.0730. The quantitative estimate of drug-likeness (QED) is 0.815. The Hall–Kier alpha value is -0.290. The summed E-state index contributed by atoms with van der Waals surface area (Å²) in [4.78, 5) is 0. The van der Waals surface area contributed by atoms with Crippen molar-refractivity contribution in [1.29, 1.82) is 0 Å². The van der Waals surface area contributed by atoms with Gasteiger partial charge >= 0.3 is 0 Å². The molecule has 1 aliphatic rings. The van der Waals surface area contributed by atoms with Gasteiger partial charge < -0.3 is 10.4 Å². The lowest BCUT2D eigenvalue weighted by Crippen LogP contribution is -2.28. The van der Waals surface area contributed by atoms with Gasteiger partial charge in [0.05, 0.1) is 6.10 Å². The molecular formula is C13H18INO. The van der Waals surface area contributed by atoms with Crippen LogP contribution in [0.25, 0.3) is 0 Å². The number of aliphatic hydroxyl groups is 1. The van der Waals surface area contributed by atoms with Gasteiger partial charge in [-0.3, -0.25) is 0 Å². The molecule has 0 heterocycles. The molecule has 0 aromatic heterocycles. The largest absolute Gasteiger partial charge is 0.393 e. The van der Waals surface area contributed by atoms with Crippen LogP contribution in [-0.4, -0.2) is 17.3 Å². The molecule has 0 spiro atoms. The van der Waals surface area contributed by atoms with Crippen LogP contribution >= 0.6 is 22.6 Å². The number of benzene rings is 1. The third-order valence-corrected chi connectivity index (χ3v) is 4.40. The third kappa shape index (κ3) is 3.10. The Balaban J connectivity index is 1.96. The molecule has 2 N–H and O–H groups in total. The highest BCUT2D eigenvalue weighted by atomic mass is 127. The summed E-state index contributed by atoms with van der Waals surface area (Å²) in [5, 5.41) is 13.0. The Bertz CT molecular complexity index is 359. The van der Waals surface area contributed by atoms with E-state index in [1.807, 2.05) is 0 Å². The molecular weight excluding hydrogens is 313 g/mol. The second kappa shape index (κ2) is 5.36. The molecule has 1 fully saturated rings. The minimum absolute atomic E-state index is 0.0730. The Morgan fingerprint density at radius 2 is 1.94 bits per heavy atom. The monoisotopic (exact) mass is 331 g/mol. The number of hydrogen-bond donors (Lipinski definition) is 2. The molecule has 1 saturated carbocycles. The van der Waals surface area contributed by atoms with Crippen molar-refractivity contribution < 1.29 is 5.11 Å². The molecule has 0 aliphatic heterocycles. The lowest BCUT2D eigenvalue weighted by molar-refractivity contribution is 0.126. The zero-order chi connectivity index (χ0) is 11.5. The molecule has 0 atom stereocenters. The summed E-state index contributed by atoms with van der Waals surface area (Å²) < 4.78 is 1.30. The Morgan fingerprint density at radius 1 is 1.25 bits per heavy atom. The number of aliphatic hydroxyl groups excluding tert-OH is 1. The van der Waals surface area contributed by atoms with Crippen LogP contribution in [0.2, 0.25) is 0 Å². The highest BCUT2D eigenvalue weighted by Gasteiger charge is 2.18. The number of nitrogens with one attached hydrogen (secondary N) is 1. The van der Waals surface area contributed by atoms with E-state index in [0.717, 1.165) is 25.7 Å². The van der Waals surface area contributed by atoms with Crippen molar-refractivity contribution in [3.63, 3.8) is 0 Å². The minimum Gasteiger partial charge on any atom is -0.393 e. The van der Waals surface area contributed by atoms with Crippen LogP contribution in [0.5, 0.6) is 0 Å². The van der Waals surface area contributed by atoms with Crippen LogP contribution in [0.15, 0.2) is 18.2 Å². The summed E-state index contributed by atoms with van der Waals surface area (Å²) in [6, 6.07) is 7.02. The molecule has 0 unspecified atom stereocenters. The first-order valence-electron chi connectivity index (χ1n) is 5.86. The van der Waals surface area contributed by atoms with E-state index in [1.165, 1.54) is 14.8 Å². The molecule has 16 heavy (non-hydrogen) atoms. The predicted molar refractivity (Wildman–Crippen MR) is 75.8 cm³/mol. The number of hydrogen-bond acceptors (Lipinski definition) is 2. The topological polar surface area (TPSA) is 32.3 Å². The molecule has 88 valence electrons. The average molecular weight is 331 g/mol. The number of anilines is 1. The molecule has 2 nitrogen and oxygen atoms in total.